The highest BCUT2D eigenvalue weighted by Crippen LogP contribution is 2.35. The van der Waals surface area contributed by atoms with Gasteiger partial charge in [-0.2, -0.15) is 0 Å². The van der Waals surface area contributed by atoms with E-state index in [1.54, 1.807) is 30.0 Å². The van der Waals surface area contributed by atoms with Gasteiger partial charge in [-0.1, -0.05) is 13.0 Å². The summed E-state index contributed by atoms with van der Waals surface area (Å²) in [6.45, 7) is 4.79. The molecular formula is C17H23N3O4. The third kappa shape index (κ3) is 3.37. The number of nitrogens with zero attached hydrogens (tertiary/aromatic N) is 2. The Morgan fingerprint density at radius 2 is 2.25 bits per heavy atom. The molecule has 2 aliphatic heterocycles. The van der Waals surface area contributed by atoms with E-state index in [4.69, 9.17) is 15.2 Å². The fourth-order valence-electron chi connectivity index (χ4n) is 3.12. The highest BCUT2D eigenvalue weighted by atomic mass is 16.5. The summed E-state index contributed by atoms with van der Waals surface area (Å²) in [7, 11) is 0. The van der Waals surface area contributed by atoms with Crippen LogP contribution < -0.4 is 15.4 Å². The van der Waals surface area contributed by atoms with Crippen molar-refractivity contribution in [3.05, 3.63) is 18.2 Å². The number of benzene rings is 1. The average Bonchev–Trinajstić information content (AvgIpc) is 3.11. The second kappa shape index (κ2) is 7.19. The molecule has 0 aromatic heterocycles. The molecule has 130 valence electrons. The molecule has 0 aliphatic carbocycles. The van der Waals surface area contributed by atoms with E-state index in [2.05, 4.69) is 4.90 Å². The van der Waals surface area contributed by atoms with Crippen LogP contribution in [0.1, 0.15) is 19.8 Å². The molecule has 0 bridgehead atoms. The van der Waals surface area contributed by atoms with Crippen LogP contribution >= 0.6 is 0 Å². The number of esters is 1. The number of rotatable bonds is 4. The van der Waals surface area contributed by atoms with Gasteiger partial charge in [-0.15, -0.1) is 0 Å². The smallest absolute Gasteiger partial charge is 0.311 e. The van der Waals surface area contributed by atoms with Crippen molar-refractivity contribution in [2.45, 2.75) is 25.8 Å². The third-order valence-corrected chi connectivity index (χ3v) is 4.49. The Morgan fingerprint density at radius 1 is 1.42 bits per heavy atom. The number of ether oxygens (including phenoxy) is 2. The first-order chi connectivity index (χ1) is 11.6. The normalized spacial score (nSPS) is 22.0. The summed E-state index contributed by atoms with van der Waals surface area (Å²) in [4.78, 5) is 28.1. The molecule has 0 radical (unpaired) electrons. The fourth-order valence-corrected chi connectivity index (χ4v) is 3.12. The van der Waals surface area contributed by atoms with Gasteiger partial charge in [0.15, 0.2) is 5.75 Å². The first-order valence-corrected chi connectivity index (χ1v) is 8.31. The lowest BCUT2D eigenvalue weighted by Crippen LogP contribution is -2.54. The molecule has 2 aliphatic rings. The van der Waals surface area contributed by atoms with Gasteiger partial charge in [-0.05, 0) is 18.6 Å². The number of para-hydroxylation sites is 1. The molecule has 0 saturated carbocycles. The van der Waals surface area contributed by atoms with Gasteiger partial charge in [0, 0.05) is 32.2 Å². The lowest BCUT2D eigenvalue weighted by molar-refractivity contribution is -0.134. The predicted molar refractivity (Wildman–Crippen MR) is 89.9 cm³/mol. The highest BCUT2D eigenvalue weighted by Gasteiger charge is 2.33. The van der Waals surface area contributed by atoms with Gasteiger partial charge >= 0.3 is 5.97 Å². The molecule has 7 nitrogen and oxygen atoms in total. The molecule has 2 saturated heterocycles. The summed E-state index contributed by atoms with van der Waals surface area (Å²) in [6, 6.07) is 5.51. The van der Waals surface area contributed by atoms with Crippen LogP contribution in [0.3, 0.4) is 0 Å². The molecule has 1 atom stereocenters. The molecule has 0 spiro atoms. The Bertz CT molecular complexity index is 628. The summed E-state index contributed by atoms with van der Waals surface area (Å²) in [6.07, 6.45) is 1.21. The van der Waals surface area contributed by atoms with Crippen LogP contribution in [0.2, 0.25) is 0 Å². The van der Waals surface area contributed by atoms with Gasteiger partial charge in [-0.3, -0.25) is 14.5 Å². The van der Waals surface area contributed by atoms with Crippen LogP contribution in [0.25, 0.3) is 0 Å². The number of piperazine rings is 1. The predicted octanol–water partition coefficient (Wildman–Crippen LogP) is 1.02. The molecule has 1 aromatic carbocycles. The first-order valence-electron chi connectivity index (χ1n) is 8.31. The van der Waals surface area contributed by atoms with Gasteiger partial charge in [0.2, 0.25) is 5.91 Å². The van der Waals surface area contributed by atoms with Gasteiger partial charge in [0.1, 0.15) is 0 Å². The lowest BCUT2D eigenvalue weighted by Gasteiger charge is -2.37. The monoisotopic (exact) mass is 333 g/mol. The van der Waals surface area contributed by atoms with Gasteiger partial charge in [0.05, 0.1) is 24.5 Å². The van der Waals surface area contributed by atoms with Crippen molar-refractivity contribution in [1.82, 2.24) is 4.90 Å². The molecule has 2 fully saturated rings. The van der Waals surface area contributed by atoms with Crippen LogP contribution in [-0.2, 0) is 14.3 Å². The lowest BCUT2D eigenvalue weighted by atomic mass is 10.1. The largest absolute Gasteiger partial charge is 0.422 e. The molecule has 0 unspecified atom stereocenters. The van der Waals surface area contributed by atoms with E-state index in [1.807, 2.05) is 0 Å². The minimum atomic E-state index is -0.372. The van der Waals surface area contributed by atoms with E-state index < -0.39 is 0 Å². The van der Waals surface area contributed by atoms with Crippen molar-refractivity contribution in [3.63, 3.8) is 0 Å². The zero-order chi connectivity index (χ0) is 17.1. The maximum Gasteiger partial charge on any atom is 0.311 e. The molecule has 1 amide bonds. The standard InChI is InChI=1S/C17H23N3O4/c1-2-16(22)24-17-13(18)4-3-5-14(17)20-8-7-19(10-15(20)21)12-6-9-23-11-12/h3-5,12H,2,6-11,18H2,1H3/t12-/m0/s1. The van der Waals surface area contributed by atoms with E-state index >= 15 is 0 Å². The highest BCUT2D eigenvalue weighted by molar-refractivity contribution is 5.98. The number of hydrogen-bond acceptors (Lipinski definition) is 6. The molecule has 24 heavy (non-hydrogen) atoms. The zero-order valence-electron chi connectivity index (χ0n) is 13.9. The number of amides is 1. The maximum absolute atomic E-state index is 12.6. The van der Waals surface area contributed by atoms with Crippen LogP contribution in [-0.4, -0.2) is 55.7 Å². The summed E-state index contributed by atoms with van der Waals surface area (Å²) in [5, 5.41) is 0. The van der Waals surface area contributed by atoms with E-state index in [0.29, 0.717) is 37.1 Å². The first kappa shape index (κ1) is 16.7. The van der Waals surface area contributed by atoms with Crippen molar-refractivity contribution in [2.75, 3.05) is 43.5 Å². The Balaban J connectivity index is 1.78. The van der Waals surface area contributed by atoms with Crippen LogP contribution in [0.4, 0.5) is 11.4 Å². The number of anilines is 2. The van der Waals surface area contributed by atoms with E-state index in [9.17, 15) is 9.59 Å². The van der Waals surface area contributed by atoms with Crippen molar-refractivity contribution in [3.8, 4) is 5.75 Å². The summed E-state index contributed by atoms with van der Waals surface area (Å²) in [5.41, 5.74) is 6.88. The SMILES string of the molecule is CCC(=O)Oc1c(N)cccc1N1CCN([C@H]2CCOC2)CC1=O. The number of nitrogens with two attached hydrogens (primary N) is 1. The Morgan fingerprint density at radius 3 is 2.92 bits per heavy atom. The third-order valence-electron chi connectivity index (χ3n) is 4.49. The Labute approximate surface area is 141 Å². The van der Waals surface area contributed by atoms with Crippen LogP contribution in [0.5, 0.6) is 5.75 Å². The number of carbonyl (C=O) groups excluding carboxylic acids is 2. The summed E-state index contributed by atoms with van der Waals surface area (Å²) >= 11 is 0. The molecule has 2 heterocycles. The molecule has 2 N–H and O–H groups in total. The van der Waals surface area contributed by atoms with E-state index in [-0.39, 0.29) is 24.0 Å². The number of carbonyl (C=O) groups is 2. The van der Waals surface area contributed by atoms with Gasteiger partial charge in [-0.25, -0.2) is 0 Å². The zero-order valence-corrected chi connectivity index (χ0v) is 13.9. The van der Waals surface area contributed by atoms with Crippen LogP contribution in [0.15, 0.2) is 18.2 Å². The number of nitrogen functional groups attached to an aromatic ring is 1. The average molecular weight is 333 g/mol. The second-order valence-electron chi connectivity index (χ2n) is 6.06. The van der Waals surface area contributed by atoms with Crippen molar-refractivity contribution in [2.24, 2.45) is 0 Å². The van der Waals surface area contributed by atoms with Gasteiger partial charge in [0.25, 0.3) is 0 Å². The molecule has 7 heteroatoms. The maximum atomic E-state index is 12.6. The minimum absolute atomic E-state index is 0.0208. The van der Waals surface area contributed by atoms with Crippen molar-refractivity contribution >= 4 is 23.3 Å². The van der Waals surface area contributed by atoms with Crippen molar-refractivity contribution < 1.29 is 19.1 Å². The van der Waals surface area contributed by atoms with Crippen molar-refractivity contribution in [1.29, 1.82) is 0 Å². The number of hydrogen-bond donors (Lipinski definition) is 1. The summed E-state index contributed by atoms with van der Waals surface area (Å²) < 4.78 is 10.8. The van der Waals surface area contributed by atoms with E-state index in [0.717, 1.165) is 19.6 Å². The fraction of sp³-hybridized carbons (Fsp3) is 0.529. The van der Waals surface area contributed by atoms with Gasteiger partial charge < -0.3 is 20.1 Å². The van der Waals surface area contributed by atoms with Crippen LogP contribution in [0, 0.1) is 0 Å². The minimum Gasteiger partial charge on any atom is -0.422 e. The molecular weight excluding hydrogens is 310 g/mol. The molecule has 1 aromatic rings. The Hall–Kier alpha value is -2.12. The summed E-state index contributed by atoms with van der Waals surface area (Å²) in [5.74, 6) is -0.119. The molecule has 3 rings (SSSR count). The Kier molecular flexibility index (Phi) is 5.01. The van der Waals surface area contributed by atoms with E-state index in [1.165, 1.54) is 0 Å². The second-order valence-corrected chi connectivity index (χ2v) is 6.06. The topological polar surface area (TPSA) is 85.1 Å². The quantitative estimate of drug-likeness (QED) is 0.503.